The first-order valence-corrected chi connectivity index (χ1v) is 10.3. The number of nitrogens with one attached hydrogen (secondary N) is 2. The highest BCUT2D eigenvalue weighted by atomic mass is 16.6. The van der Waals surface area contributed by atoms with Crippen molar-refractivity contribution >= 4 is 17.9 Å². The molecule has 0 aromatic carbocycles. The van der Waals surface area contributed by atoms with Gasteiger partial charge in [0.15, 0.2) is 0 Å². The van der Waals surface area contributed by atoms with Gasteiger partial charge >= 0.3 is 17.9 Å². The van der Waals surface area contributed by atoms with E-state index in [1.165, 1.54) is 7.11 Å². The maximum atomic E-state index is 12.8. The molecule has 0 bridgehead atoms. The van der Waals surface area contributed by atoms with Crippen molar-refractivity contribution in [1.29, 1.82) is 0 Å². The number of esters is 2. The topological polar surface area (TPSA) is 121 Å². The predicted octanol–water partition coefficient (Wildman–Crippen LogP) is 3.87. The van der Waals surface area contributed by atoms with Gasteiger partial charge in [0.2, 0.25) is 0 Å². The maximum absolute atomic E-state index is 12.8. The Morgan fingerprint density at radius 2 is 1.58 bits per heavy atom. The summed E-state index contributed by atoms with van der Waals surface area (Å²) in [5.41, 5.74) is 4.59. The molecule has 0 fully saturated rings. The van der Waals surface area contributed by atoms with E-state index in [1.807, 2.05) is 13.8 Å². The minimum atomic E-state index is -1.00. The molecule has 0 aliphatic rings. The van der Waals surface area contributed by atoms with Crippen LogP contribution in [0.5, 0.6) is 0 Å². The van der Waals surface area contributed by atoms with Crippen LogP contribution in [0.2, 0.25) is 0 Å². The number of H-pyrrole nitrogens is 2. The molecule has 2 heterocycles. The van der Waals surface area contributed by atoms with Crippen LogP contribution in [0, 0.1) is 13.8 Å². The number of ether oxygens (including phenoxy) is 2. The summed E-state index contributed by atoms with van der Waals surface area (Å²) in [5.74, 6) is -1.86. The normalized spacial score (nSPS) is 11.5. The van der Waals surface area contributed by atoms with Crippen molar-refractivity contribution < 1.29 is 29.0 Å². The van der Waals surface area contributed by atoms with E-state index < -0.39 is 17.5 Å². The predicted molar refractivity (Wildman–Crippen MR) is 116 cm³/mol. The Kier molecular flexibility index (Phi) is 7.36. The Morgan fingerprint density at radius 3 is 2.10 bits per heavy atom. The number of carboxylic acid groups (broad SMARTS) is 1. The third kappa shape index (κ3) is 5.57. The summed E-state index contributed by atoms with van der Waals surface area (Å²) in [6, 6.07) is 0. The molecule has 2 aromatic rings. The second-order valence-electron chi connectivity index (χ2n) is 8.58. The van der Waals surface area contributed by atoms with Gasteiger partial charge in [-0.05, 0) is 69.7 Å². The molecule has 0 atom stereocenters. The molecule has 0 radical (unpaired) electrons. The van der Waals surface area contributed by atoms with Gasteiger partial charge in [-0.15, -0.1) is 0 Å². The van der Waals surface area contributed by atoms with E-state index >= 15 is 0 Å². The van der Waals surface area contributed by atoms with Crippen molar-refractivity contribution in [2.24, 2.45) is 0 Å². The van der Waals surface area contributed by atoms with E-state index in [0.29, 0.717) is 36.1 Å². The molecule has 3 N–H and O–H groups in total. The molecule has 0 saturated heterocycles. The van der Waals surface area contributed by atoms with Gasteiger partial charge in [-0.3, -0.25) is 4.79 Å². The number of aromatic nitrogens is 2. The molecule has 2 rings (SSSR count). The monoisotopic (exact) mass is 432 g/mol. The van der Waals surface area contributed by atoms with Crippen LogP contribution in [0.3, 0.4) is 0 Å². The van der Waals surface area contributed by atoms with Crippen molar-refractivity contribution in [3.8, 4) is 0 Å². The first-order chi connectivity index (χ1) is 14.4. The fourth-order valence-corrected chi connectivity index (χ4v) is 3.73. The van der Waals surface area contributed by atoms with E-state index in [4.69, 9.17) is 9.47 Å². The number of hydrogen-bond donors (Lipinski definition) is 3. The molecule has 0 aliphatic carbocycles. The number of rotatable bonds is 8. The minimum Gasteiger partial charge on any atom is -0.477 e. The largest absolute Gasteiger partial charge is 0.477 e. The molecule has 8 heteroatoms. The molecule has 0 unspecified atom stereocenters. The Labute approximate surface area is 182 Å². The van der Waals surface area contributed by atoms with E-state index in [1.54, 1.807) is 27.7 Å². The first-order valence-electron chi connectivity index (χ1n) is 10.3. The number of carboxylic acids is 1. The maximum Gasteiger partial charge on any atom is 0.355 e. The molecule has 0 spiro atoms. The lowest BCUT2D eigenvalue weighted by Gasteiger charge is -2.19. The zero-order valence-corrected chi connectivity index (χ0v) is 19.3. The van der Waals surface area contributed by atoms with Crippen LogP contribution in [0.25, 0.3) is 0 Å². The van der Waals surface area contributed by atoms with Gasteiger partial charge in [0.25, 0.3) is 0 Å². The molecule has 2 aromatic heterocycles. The van der Waals surface area contributed by atoms with Gasteiger partial charge in [-0.2, -0.15) is 0 Å². The van der Waals surface area contributed by atoms with Gasteiger partial charge in [0.1, 0.15) is 17.0 Å². The zero-order chi connectivity index (χ0) is 23.5. The number of aromatic amines is 2. The van der Waals surface area contributed by atoms with Crippen molar-refractivity contribution in [2.75, 3.05) is 7.11 Å². The van der Waals surface area contributed by atoms with Crippen molar-refractivity contribution in [2.45, 2.75) is 72.8 Å². The molecule has 31 heavy (non-hydrogen) atoms. The molecular formula is C23H32N2O6. The van der Waals surface area contributed by atoms with Crippen LogP contribution in [-0.4, -0.2) is 45.7 Å². The van der Waals surface area contributed by atoms with Crippen molar-refractivity contribution in [3.63, 3.8) is 0 Å². The SMILES string of the molecule is CCc1c(Cc2[nH]c(C(=O)OC(C)(C)C)c(CCC(=O)OC)c2C)[nH]c(C(=O)O)c1C. The quantitative estimate of drug-likeness (QED) is 0.545. The summed E-state index contributed by atoms with van der Waals surface area (Å²) in [6.45, 7) is 11.0. The zero-order valence-electron chi connectivity index (χ0n) is 19.3. The molecular weight excluding hydrogens is 400 g/mol. The Bertz CT molecular complexity index is 991. The van der Waals surface area contributed by atoms with Crippen LogP contribution in [0.4, 0.5) is 0 Å². The van der Waals surface area contributed by atoms with Crippen LogP contribution < -0.4 is 0 Å². The molecule has 8 nitrogen and oxygen atoms in total. The standard InChI is InChI=1S/C23H32N2O6/c1-8-14-13(3)19(21(27)28)25-17(14)11-16-12(2)15(9-10-18(26)30-7)20(24-16)22(29)31-23(4,5)6/h24-25H,8-11H2,1-7H3,(H,27,28). The van der Waals surface area contributed by atoms with Gasteiger partial charge in [-0.1, -0.05) is 6.92 Å². The van der Waals surface area contributed by atoms with Crippen LogP contribution in [0.1, 0.15) is 88.7 Å². The summed E-state index contributed by atoms with van der Waals surface area (Å²) in [6.07, 6.45) is 1.54. The lowest BCUT2D eigenvalue weighted by molar-refractivity contribution is -0.140. The van der Waals surface area contributed by atoms with Gasteiger partial charge in [-0.25, -0.2) is 9.59 Å². The number of methoxy groups -OCH3 is 1. The Morgan fingerprint density at radius 1 is 0.968 bits per heavy atom. The van der Waals surface area contributed by atoms with Crippen molar-refractivity contribution in [3.05, 3.63) is 45.0 Å². The Hall–Kier alpha value is -3.03. The van der Waals surface area contributed by atoms with Gasteiger partial charge in [0, 0.05) is 24.2 Å². The summed E-state index contributed by atoms with van der Waals surface area (Å²) < 4.78 is 10.3. The van der Waals surface area contributed by atoms with Gasteiger partial charge in [0.05, 0.1) is 7.11 Å². The molecule has 170 valence electrons. The number of aromatic carboxylic acids is 1. The third-order valence-corrected chi connectivity index (χ3v) is 5.28. The summed E-state index contributed by atoms with van der Waals surface area (Å²) in [7, 11) is 1.33. The van der Waals surface area contributed by atoms with Gasteiger partial charge < -0.3 is 24.5 Å². The molecule has 0 aliphatic heterocycles. The fraction of sp³-hybridized carbons (Fsp3) is 0.522. The molecule has 0 saturated carbocycles. The number of carbonyl (C=O) groups excluding carboxylic acids is 2. The lowest BCUT2D eigenvalue weighted by Crippen LogP contribution is -2.24. The fourth-order valence-electron chi connectivity index (χ4n) is 3.73. The van der Waals surface area contributed by atoms with Crippen LogP contribution in [0.15, 0.2) is 0 Å². The summed E-state index contributed by atoms with van der Waals surface area (Å²) in [4.78, 5) is 42.2. The van der Waals surface area contributed by atoms with E-state index in [2.05, 4.69) is 9.97 Å². The van der Waals surface area contributed by atoms with Crippen LogP contribution >= 0.6 is 0 Å². The smallest absolute Gasteiger partial charge is 0.355 e. The number of carbonyl (C=O) groups is 3. The highest BCUT2D eigenvalue weighted by Gasteiger charge is 2.26. The minimum absolute atomic E-state index is 0.134. The first kappa shape index (κ1) is 24.2. The van der Waals surface area contributed by atoms with Crippen LogP contribution in [-0.2, 0) is 33.5 Å². The highest BCUT2D eigenvalue weighted by molar-refractivity contribution is 5.90. The van der Waals surface area contributed by atoms with E-state index in [-0.39, 0.29) is 18.1 Å². The average Bonchev–Trinajstić information content (AvgIpc) is 3.15. The average molecular weight is 433 g/mol. The Balaban J connectivity index is 2.49. The second-order valence-corrected chi connectivity index (χ2v) is 8.58. The van der Waals surface area contributed by atoms with Crippen molar-refractivity contribution in [1.82, 2.24) is 9.97 Å². The summed E-state index contributed by atoms with van der Waals surface area (Å²) >= 11 is 0. The van der Waals surface area contributed by atoms with E-state index in [9.17, 15) is 19.5 Å². The lowest BCUT2D eigenvalue weighted by atomic mass is 10.0. The summed E-state index contributed by atoms with van der Waals surface area (Å²) in [5, 5.41) is 9.45. The molecule has 0 amide bonds. The second kappa shape index (κ2) is 9.41. The third-order valence-electron chi connectivity index (χ3n) is 5.28. The van der Waals surface area contributed by atoms with E-state index in [0.717, 1.165) is 22.5 Å². The number of hydrogen-bond acceptors (Lipinski definition) is 5. The highest BCUT2D eigenvalue weighted by Crippen LogP contribution is 2.27.